The van der Waals surface area contributed by atoms with Crippen LogP contribution in [0.3, 0.4) is 0 Å². The molecule has 0 bridgehead atoms. The molecule has 0 saturated heterocycles. The molecular weight excluding hydrogens is 292 g/mol. The summed E-state index contributed by atoms with van der Waals surface area (Å²) in [6.45, 7) is 2.85. The van der Waals surface area contributed by atoms with Gasteiger partial charge in [-0.1, -0.05) is 12.1 Å². The molecule has 0 saturated carbocycles. The van der Waals surface area contributed by atoms with Crippen molar-refractivity contribution >= 4 is 11.3 Å². The van der Waals surface area contributed by atoms with Crippen LogP contribution in [0.5, 0.6) is 0 Å². The van der Waals surface area contributed by atoms with Gasteiger partial charge in [-0.25, -0.2) is 9.97 Å². The van der Waals surface area contributed by atoms with Crippen LogP contribution in [0, 0.1) is 0 Å². The molecule has 4 heterocycles. The molecule has 110 valence electrons. The SMILES string of the molecule is c1cncc(CN2CCc3cnc(-c4cccs4)nc3C2)c1. The molecule has 3 aromatic heterocycles. The summed E-state index contributed by atoms with van der Waals surface area (Å²) >= 11 is 1.68. The lowest BCUT2D eigenvalue weighted by atomic mass is 10.1. The molecule has 0 unspecified atom stereocenters. The second-order valence-electron chi connectivity index (χ2n) is 5.46. The molecule has 0 spiro atoms. The van der Waals surface area contributed by atoms with Crippen molar-refractivity contribution in [2.45, 2.75) is 19.5 Å². The van der Waals surface area contributed by atoms with E-state index in [4.69, 9.17) is 4.98 Å². The first-order valence-electron chi connectivity index (χ1n) is 7.38. The Hall–Kier alpha value is -2.11. The molecular formula is C17H16N4S. The van der Waals surface area contributed by atoms with Crippen LogP contribution < -0.4 is 0 Å². The van der Waals surface area contributed by atoms with Crippen LogP contribution in [0.4, 0.5) is 0 Å². The first-order chi connectivity index (χ1) is 10.9. The zero-order valence-electron chi connectivity index (χ0n) is 12.1. The van der Waals surface area contributed by atoms with Crippen molar-refractivity contribution in [1.82, 2.24) is 19.9 Å². The normalized spacial score (nSPS) is 14.7. The number of pyridine rings is 1. The van der Waals surface area contributed by atoms with E-state index < -0.39 is 0 Å². The number of aromatic nitrogens is 3. The lowest BCUT2D eigenvalue weighted by molar-refractivity contribution is 0.241. The van der Waals surface area contributed by atoms with E-state index in [1.807, 2.05) is 30.7 Å². The number of hydrogen-bond acceptors (Lipinski definition) is 5. The second kappa shape index (κ2) is 5.94. The van der Waals surface area contributed by atoms with Gasteiger partial charge in [-0.2, -0.15) is 0 Å². The molecule has 0 amide bonds. The standard InChI is InChI=1S/C17H16N4S/c1-3-13(9-18-6-1)11-21-7-5-14-10-19-17(20-15(14)12-21)16-4-2-8-22-16/h1-4,6,8-10H,5,7,11-12H2. The molecule has 22 heavy (non-hydrogen) atoms. The number of thiophene rings is 1. The summed E-state index contributed by atoms with van der Waals surface area (Å²) in [5.74, 6) is 0.844. The van der Waals surface area contributed by atoms with Crippen molar-refractivity contribution in [2.75, 3.05) is 6.54 Å². The molecule has 1 aliphatic heterocycles. The molecule has 4 nitrogen and oxygen atoms in total. The molecule has 0 radical (unpaired) electrons. The average Bonchev–Trinajstić information content (AvgIpc) is 3.10. The lowest BCUT2D eigenvalue weighted by Crippen LogP contribution is -2.31. The minimum Gasteiger partial charge on any atom is -0.293 e. The summed E-state index contributed by atoms with van der Waals surface area (Å²) in [6, 6.07) is 8.23. The number of rotatable bonds is 3. The van der Waals surface area contributed by atoms with Crippen LogP contribution in [-0.4, -0.2) is 26.4 Å². The van der Waals surface area contributed by atoms with Gasteiger partial charge in [0, 0.05) is 38.2 Å². The first-order valence-corrected chi connectivity index (χ1v) is 8.26. The van der Waals surface area contributed by atoms with Crippen LogP contribution in [0.15, 0.2) is 48.2 Å². The highest BCUT2D eigenvalue weighted by molar-refractivity contribution is 7.13. The molecule has 1 aliphatic rings. The second-order valence-corrected chi connectivity index (χ2v) is 6.41. The van der Waals surface area contributed by atoms with Crippen molar-refractivity contribution in [3.8, 4) is 10.7 Å². The Morgan fingerprint density at radius 3 is 3.00 bits per heavy atom. The zero-order chi connectivity index (χ0) is 14.8. The van der Waals surface area contributed by atoms with Gasteiger partial charge < -0.3 is 0 Å². The first kappa shape index (κ1) is 13.5. The molecule has 0 N–H and O–H groups in total. The van der Waals surface area contributed by atoms with Crippen LogP contribution in [0.1, 0.15) is 16.8 Å². The zero-order valence-corrected chi connectivity index (χ0v) is 13.0. The van der Waals surface area contributed by atoms with Crippen LogP contribution >= 0.6 is 11.3 Å². The van der Waals surface area contributed by atoms with E-state index in [0.717, 1.165) is 42.5 Å². The van der Waals surface area contributed by atoms with Crippen molar-refractivity contribution in [3.63, 3.8) is 0 Å². The van der Waals surface area contributed by atoms with E-state index in [0.29, 0.717) is 0 Å². The van der Waals surface area contributed by atoms with Crippen molar-refractivity contribution < 1.29 is 0 Å². The van der Waals surface area contributed by atoms with E-state index >= 15 is 0 Å². The van der Waals surface area contributed by atoms with Crippen molar-refractivity contribution in [2.24, 2.45) is 0 Å². The van der Waals surface area contributed by atoms with E-state index in [9.17, 15) is 0 Å². The fourth-order valence-electron chi connectivity index (χ4n) is 2.77. The number of nitrogens with zero attached hydrogens (tertiary/aromatic N) is 4. The van der Waals surface area contributed by atoms with Crippen LogP contribution in [-0.2, 0) is 19.5 Å². The topological polar surface area (TPSA) is 41.9 Å². The van der Waals surface area contributed by atoms with Gasteiger partial charge in [-0.05, 0) is 35.1 Å². The lowest BCUT2D eigenvalue weighted by Gasteiger charge is -2.27. The minimum atomic E-state index is 0.844. The fraction of sp³-hybridized carbons (Fsp3) is 0.235. The Morgan fingerprint density at radius 2 is 2.18 bits per heavy atom. The quantitative estimate of drug-likeness (QED) is 0.745. The number of fused-ring (bicyclic) bond motifs is 1. The summed E-state index contributed by atoms with van der Waals surface area (Å²) in [4.78, 5) is 17.0. The van der Waals surface area contributed by atoms with Gasteiger partial charge in [0.2, 0.25) is 0 Å². The highest BCUT2D eigenvalue weighted by Crippen LogP contribution is 2.24. The van der Waals surface area contributed by atoms with Gasteiger partial charge in [0.15, 0.2) is 5.82 Å². The van der Waals surface area contributed by atoms with Gasteiger partial charge in [0.25, 0.3) is 0 Å². The molecule has 0 fully saturated rings. The maximum Gasteiger partial charge on any atom is 0.169 e. The predicted molar refractivity (Wildman–Crippen MR) is 87.4 cm³/mol. The molecule has 0 atom stereocenters. The summed E-state index contributed by atoms with van der Waals surface area (Å²) in [7, 11) is 0. The van der Waals surface area contributed by atoms with Gasteiger partial charge in [0.1, 0.15) is 0 Å². The fourth-order valence-corrected chi connectivity index (χ4v) is 3.43. The summed E-state index contributed by atoms with van der Waals surface area (Å²) in [5.41, 5.74) is 3.69. The molecule has 5 heteroatoms. The summed E-state index contributed by atoms with van der Waals surface area (Å²) in [6.07, 6.45) is 6.77. The Bertz CT molecular complexity index is 756. The van der Waals surface area contributed by atoms with Crippen LogP contribution in [0.2, 0.25) is 0 Å². The van der Waals surface area contributed by atoms with Crippen LogP contribution in [0.25, 0.3) is 10.7 Å². The van der Waals surface area contributed by atoms with Gasteiger partial charge in [-0.3, -0.25) is 9.88 Å². The van der Waals surface area contributed by atoms with E-state index in [-0.39, 0.29) is 0 Å². The third-order valence-electron chi connectivity index (χ3n) is 3.90. The van der Waals surface area contributed by atoms with Gasteiger partial charge >= 0.3 is 0 Å². The monoisotopic (exact) mass is 308 g/mol. The Balaban J connectivity index is 1.55. The smallest absolute Gasteiger partial charge is 0.169 e. The third-order valence-corrected chi connectivity index (χ3v) is 4.76. The molecule has 4 rings (SSSR count). The molecule has 0 aromatic carbocycles. The van der Waals surface area contributed by atoms with E-state index in [1.165, 1.54) is 11.1 Å². The summed E-state index contributed by atoms with van der Waals surface area (Å²) < 4.78 is 0. The van der Waals surface area contributed by atoms with Crippen molar-refractivity contribution in [3.05, 3.63) is 65.1 Å². The molecule has 3 aromatic rings. The molecule has 0 aliphatic carbocycles. The highest BCUT2D eigenvalue weighted by Gasteiger charge is 2.19. The third kappa shape index (κ3) is 2.77. The van der Waals surface area contributed by atoms with Gasteiger partial charge in [-0.15, -0.1) is 11.3 Å². The predicted octanol–water partition coefficient (Wildman–Crippen LogP) is 3.16. The summed E-state index contributed by atoms with van der Waals surface area (Å²) in [5, 5.41) is 2.06. The Kier molecular flexibility index (Phi) is 3.66. The Morgan fingerprint density at radius 1 is 1.18 bits per heavy atom. The van der Waals surface area contributed by atoms with Gasteiger partial charge in [0.05, 0.1) is 10.6 Å². The highest BCUT2D eigenvalue weighted by atomic mass is 32.1. The van der Waals surface area contributed by atoms with E-state index in [2.05, 4.69) is 32.4 Å². The Labute approximate surface area is 133 Å². The van der Waals surface area contributed by atoms with E-state index in [1.54, 1.807) is 11.3 Å². The largest absolute Gasteiger partial charge is 0.293 e. The maximum absolute atomic E-state index is 4.79. The number of hydrogen-bond donors (Lipinski definition) is 0. The average molecular weight is 308 g/mol. The minimum absolute atomic E-state index is 0.844. The maximum atomic E-state index is 4.79. The van der Waals surface area contributed by atoms with Crippen molar-refractivity contribution in [1.29, 1.82) is 0 Å².